The summed E-state index contributed by atoms with van der Waals surface area (Å²) in [5, 5.41) is 6.37. The maximum absolute atomic E-state index is 11.4. The van der Waals surface area contributed by atoms with E-state index in [0.717, 1.165) is 4.47 Å². The molecule has 0 aliphatic heterocycles. The molecule has 0 radical (unpaired) electrons. The SMILES string of the molecule is O=C(Cl)CCCNC(=O)CCn1cc(Br)cn1. The molecule has 0 unspecified atom stereocenters. The Hall–Kier alpha value is -0.880. The predicted octanol–water partition coefficient (Wildman–Crippen LogP) is 1.70. The molecule has 0 fully saturated rings. The first kappa shape index (κ1) is 14.2. The van der Waals surface area contributed by atoms with Crippen LogP contribution in [-0.2, 0) is 16.1 Å². The summed E-state index contributed by atoms with van der Waals surface area (Å²) in [7, 11) is 0. The average Bonchev–Trinajstić information content (AvgIpc) is 2.67. The lowest BCUT2D eigenvalue weighted by Gasteiger charge is -2.04. The van der Waals surface area contributed by atoms with Gasteiger partial charge in [0.2, 0.25) is 11.1 Å². The van der Waals surface area contributed by atoms with E-state index < -0.39 is 0 Å². The van der Waals surface area contributed by atoms with Crippen molar-refractivity contribution < 1.29 is 9.59 Å². The van der Waals surface area contributed by atoms with Crippen molar-refractivity contribution in [3.63, 3.8) is 0 Å². The van der Waals surface area contributed by atoms with Gasteiger partial charge in [-0.15, -0.1) is 0 Å². The Morgan fingerprint density at radius 1 is 1.47 bits per heavy atom. The second-order valence-corrected chi connectivity index (χ2v) is 4.82. The lowest BCUT2D eigenvalue weighted by molar-refractivity contribution is -0.121. The number of rotatable bonds is 7. The van der Waals surface area contributed by atoms with Crippen molar-refractivity contribution in [3.05, 3.63) is 16.9 Å². The molecule has 0 aliphatic rings. The van der Waals surface area contributed by atoms with Crippen LogP contribution >= 0.6 is 27.5 Å². The number of carbonyl (C=O) groups excluding carboxylic acids is 2. The van der Waals surface area contributed by atoms with Crippen LogP contribution in [0.1, 0.15) is 19.3 Å². The Balaban J connectivity index is 2.11. The monoisotopic (exact) mass is 321 g/mol. The zero-order valence-corrected chi connectivity index (χ0v) is 11.5. The molecule has 94 valence electrons. The number of halogens is 2. The zero-order valence-electron chi connectivity index (χ0n) is 9.16. The van der Waals surface area contributed by atoms with Gasteiger partial charge in [-0.25, -0.2) is 0 Å². The van der Waals surface area contributed by atoms with E-state index in [1.165, 1.54) is 0 Å². The van der Waals surface area contributed by atoms with Crippen molar-refractivity contribution >= 4 is 38.7 Å². The topological polar surface area (TPSA) is 64.0 Å². The van der Waals surface area contributed by atoms with E-state index in [1.54, 1.807) is 17.1 Å². The molecule has 1 N–H and O–H groups in total. The lowest BCUT2D eigenvalue weighted by atomic mass is 10.3. The van der Waals surface area contributed by atoms with Crippen LogP contribution in [0.5, 0.6) is 0 Å². The van der Waals surface area contributed by atoms with Crippen LogP contribution in [0.2, 0.25) is 0 Å². The van der Waals surface area contributed by atoms with Gasteiger partial charge in [0.05, 0.1) is 10.7 Å². The summed E-state index contributed by atoms with van der Waals surface area (Å²) in [6.45, 7) is 1.01. The standard InChI is InChI=1S/C10H13BrClN3O2/c11-8-6-14-15(7-8)5-3-10(17)13-4-1-2-9(12)16/h6-7H,1-5H2,(H,13,17). The highest BCUT2D eigenvalue weighted by Crippen LogP contribution is 2.06. The number of aromatic nitrogens is 2. The van der Waals surface area contributed by atoms with Gasteiger partial charge in [0.15, 0.2) is 0 Å². The normalized spacial score (nSPS) is 10.2. The van der Waals surface area contributed by atoms with Crippen LogP contribution in [-0.4, -0.2) is 27.5 Å². The Kier molecular flexibility index (Phi) is 6.21. The Morgan fingerprint density at radius 3 is 2.82 bits per heavy atom. The Labute approximate surface area is 113 Å². The van der Waals surface area contributed by atoms with E-state index in [1.807, 2.05) is 0 Å². The fourth-order valence-corrected chi connectivity index (χ4v) is 1.68. The Morgan fingerprint density at radius 2 is 2.24 bits per heavy atom. The van der Waals surface area contributed by atoms with Gasteiger partial charge in [-0.05, 0) is 34.0 Å². The van der Waals surface area contributed by atoms with E-state index in [0.29, 0.717) is 25.9 Å². The summed E-state index contributed by atoms with van der Waals surface area (Å²) in [6, 6.07) is 0. The highest BCUT2D eigenvalue weighted by atomic mass is 79.9. The molecule has 5 nitrogen and oxygen atoms in total. The first-order valence-electron chi connectivity index (χ1n) is 5.21. The highest BCUT2D eigenvalue weighted by Gasteiger charge is 2.03. The number of carbonyl (C=O) groups is 2. The maximum atomic E-state index is 11.4. The van der Waals surface area contributed by atoms with E-state index in [9.17, 15) is 9.59 Å². The van der Waals surface area contributed by atoms with Gasteiger partial charge in [0.1, 0.15) is 0 Å². The van der Waals surface area contributed by atoms with Crippen molar-refractivity contribution in [3.8, 4) is 0 Å². The fraction of sp³-hybridized carbons (Fsp3) is 0.500. The highest BCUT2D eigenvalue weighted by molar-refractivity contribution is 9.10. The van der Waals surface area contributed by atoms with Gasteiger partial charge in [-0.2, -0.15) is 5.10 Å². The van der Waals surface area contributed by atoms with Crippen molar-refractivity contribution in [1.82, 2.24) is 15.1 Å². The molecule has 1 aromatic rings. The number of nitrogens with zero attached hydrogens (tertiary/aromatic N) is 2. The number of hydrogen-bond donors (Lipinski definition) is 1. The van der Waals surface area contributed by atoms with Gasteiger partial charge in [-0.1, -0.05) is 0 Å². The number of aryl methyl sites for hydroxylation is 1. The van der Waals surface area contributed by atoms with Crippen LogP contribution in [0.3, 0.4) is 0 Å². The molecule has 0 aromatic carbocycles. The van der Waals surface area contributed by atoms with E-state index in [4.69, 9.17) is 11.6 Å². The summed E-state index contributed by atoms with van der Waals surface area (Å²) < 4.78 is 2.57. The first-order chi connectivity index (χ1) is 8.08. The van der Waals surface area contributed by atoms with Crippen molar-refractivity contribution in [2.75, 3.05) is 6.54 Å². The molecule has 0 saturated heterocycles. The van der Waals surface area contributed by atoms with Crippen LogP contribution in [0.15, 0.2) is 16.9 Å². The molecule has 0 spiro atoms. The van der Waals surface area contributed by atoms with Crippen LogP contribution < -0.4 is 5.32 Å². The molecule has 0 saturated carbocycles. The second kappa shape index (κ2) is 7.45. The third-order valence-electron chi connectivity index (χ3n) is 2.04. The minimum Gasteiger partial charge on any atom is -0.356 e. The summed E-state index contributed by atoms with van der Waals surface area (Å²) in [4.78, 5) is 21.8. The third-order valence-corrected chi connectivity index (χ3v) is 2.64. The lowest BCUT2D eigenvalue weighted by Crippen LogP contribution is -2.25. The minimum atomic E-state index is -0.374. The van der Waals surface area contributed by atoms with E-state index >= 15 is 0 Å². The second-order valence-electron chi connectivity index (χ2n) is 3.48. The zero-order chi connectivity index (χ0) is 12.7. The molecule has 0 atom stereocenters. The van der Waals surface area contributed by atoms with Gasteiger partial charge in [-0.3, -0.25) is 14.3 Å². The van der Waals surface area contributed by atoms with Crippen molar-refractivity contribution in [1.29, 1.82) is 0 Å². The predicted molar refractivity (Wildman–Crippen MR) is 67.6 cm³/mol. The van der Waals surface area contributed by atoms with Crippen molar-refractivity contribution in [2.24, 2.45) is 0 Å². The molecule has 1 aromatic heterocycles. The smallest absolute Gasteiger partial charge is 0.221 e. The molecular formula is C10H13BrClN3O2. The van der Waals surface area contributed by atoms with Crippen LogP contribution in [0, 0.1) is 0 Å². The minimum absolute atomic E-state index is 0.0568. The molecule has 17 heavy (non-hydrogen) atoms. The van der Waals surface area contributed by atoms with Gasteiger partial charge >= 0.3 is 0 Å². The van der Waals surface area contributed by atoms with Gasteiger partial charge in [0, 0.05) is 32.1 Å². The molecule has 0 bridgehead atoms. The quantitative estimate of drug-likeness (QED) is 0.614. The van der Waals surface area contributed by atoms with Gasteiger partial charge < -0.3 is 5.32 Å². The summed E-state index contributed by atoms with van der Waals surface area (Å²) in [5.74, 6) is -0.0568. The fourth-order valence-electron chi connectivity index (χ4n) is 1.22. The van der Waals surface area contributed by atoms with Crippen molar-refractivity contribution in [2.45, 2.75) is 25.8 Å². The molecule has 7 heteroatoms. The number of hydrogen-bond acceptors (Lipinski definition) is 3. The van der Waals surface area contributed by atoms with E-state index in [-0.39, 0.29) is 17.6 Å². The molecule has 1 rings (SSSR count). The summed E-state index contributed by atoms with van der Waals surface area (Å²) >= 11 is 8.44. The first-order valence-corrected chi connectivity index (χ1v) is 6.38. The molecule has 1 amide bonds. The van der Waals surface area contributed by atoms with Crippen LogP contribution in [0.4, 0.5) is 0 Å². The number of nitrogens with one attached hydrogen (secondary N) is 1. The number of amides is 1. The summed E-state index contributed by atoms with van der Waals surface area (Å²) in [6.07, 6.45) is 4.70. The molecule has 1 heterocycles. The summed E-state index contributed by atoms with van der Waals surface area (Å²) in [5.41, 5.74) is 0. The van der Waals surface area contributed by atoms with Gasteiger partial charge in [0.25, 0.3) is 0 Å². The maximum Gasteiger partial charge on any atom is 0.221 e. The molecular weight excluding hydrogens is 309 g/mol. The third kappa shape index (κ3) is 6.43. The average molecular weight is 323 g/mol. The molecule has 0 aliphatic carbocycles. The Bertz CT molecular complexity index is 395. The van der Waals surface area contributed by atoms with E-state index in [2.05, 4.69) is 26.3 Å². The van der Waals surface area contributed by atoms with Crippen LogP contribution in [0.25, 0.3) is 0 Å². The largest absolute Gasteiger partial charge is 0.356 e.